The molecule has 1 aliphatic heterocycles. The van der Waals surface area contributed by atoms with Gasteiger partial charge in [-0.25, -0.2) is 8.42 Å². The number of nitrogens with zero attached hydrogens (tertiary/aromatic N) is 2. The molecule has 24 heavy (non-hydrogen) atoms. The summed E-state index contributed by atoms with van der Waals surface area (Å²) < 4.78 is 26.5. The summed E-state index contributed by atoms with van der Waals surface area (Å²) in [7, 11) is -3.55. The van der Waals surface area contributed by atoms with Gasteiger partial charge >= 0.3 is 5.97 Å². The molecule has 130 valence electrons. The number of carbonyl (C=O) groups excluding carboxylic acids is 1. The van der Waals surface area contributed by atoms with Crippen LogP contribution < -0.4 is 0 Å². The van der Waals surface area contributed by atoms with Crippen LogP contribution in [0.15, 0.2) is 35.2 Å². The minimum absolute atomic E-state index is 0.162. The number of carboxylic acids is 1. The predicted molar refractivity (Wildman–Crippen MR) is 85.6 cm³/mol. The number of aliphatic carboxylic acids is 1. The van der Waals surface area contributed by atoms with Gasteiger partial charge in [-0.3, -0.25) is 9.59 Å². The molecule has 2 aliphatic rings. The SMILES string of the molecule is O=C(O)C1CCC1C(=O)N1CCN(S(=O)(=O)c2ccccc2)CC1. The normalized spacial score (nSPS) is 25.1. The first-order chi connectivity index (χ1) is 11.4. The Labute approximate surface area is 140 Å². The predicted octanol–water partition coefficient (Wildman–Crippen LogP) is 0.630. The highest BCUT2D eigenvalue weighted by molar-refractivity contribution is 7.89. The number of hydrogen-bond donors (Lipinski definition) is 1. The van der Waals surface area contributed by atoms with E-state index in [4.69, 9.17) is 5.11 Å². The van der Waals surface area contributed by atoms with Crippen molar-refractivity contribution in [1.82, 2.24) is 9.21 Å². The van der Waals surface area contributed by atoms with E-state index in [2.05, 4.69) is 0 Å². The van der Waals surface area contributed by atoms with Crippen LogP contribution in [0.3, 0.4) is 0 Å². The molecule has 8 heteroatoms. The molecule has 1 amide bonds. The van der Waals surface area contributed by atoms with E-state index in [0.717, 1.165) is 0 Å². The van der Waals surface area contributed by atoms with Gasteiger partial charge in [-0.15, -0.1) is 0 Å². The number of sulfonamides is 1. The first-order valence-electron chi connectivity index (χ1n) is 7.98. The molecule has 0 spiro atoms. The van der Waals surface area contributed by atoms with Crippen molar-refractivity contribution in [2.24, 2.45) is 11.8 Å². The maximum absolute atomic E-state index is 12.6. The van der Waals surface area contributed by atoms with Crippen LogP contribution in [-0.2, 0) is 19.6 Å². The summed E-state index contributed by atoms with van der Waals surface area (Å²) in [4.78, 5) is 25.3. The van der Waals surface area contributed by atoms with Crippen LogP contribution in [0.1, 0.15) is 12.8 Å². The molecule has 2 fully saturated rings. The third-order valence-electron chi connectivity index (χ3n) is 4.84. The fourth-order valence-electron chi connectivity index (χ4n) is 3.22. The molecule has 1 saturated heterocycles. The fourth-order valence-corrected chi connectivity index (χ4v) is 4.66. The zero-order valence-electron chi connectivity index (χ0n) is 13.2. The molecule has 7 nitrogen and oxygen atoms in total. The molecule has 0 bridgehead atoms. The van der Waals surface area contributed by atoms with Crippen molar-refractivity contribution in [2.45, 2.75) is 17.7 Å². The summed E-state index contributed by atoms with van der Waals surface area (Å²) in [6.07, 6.45) is 1.13. The van der Waals surface area contributed by atoms with E-state index in [-0.39, 0.29) is 23.9 Å². The molecular formula is C16H20N2O5S. The zero-order chi connectivity index (χ0) is 17.3. The number of carboxylic acid groups (broad SMARTS) is 1. The highest BCUT2D eigenvalue weighted by Gasteiger charge is 2.44. The largest absolute Gasteiger partial charge is 0.481 e. The average molecular weight is 352 g/mol. The topological polar surface area (TPSA) is 95.0 Å². The Morgan fingerprint density at radius 1 is 0.958 bits per heavy atom. The van der Waals surface area contributed by atoms with Crippen molar-refractivity contribution in [2.75, 3.05) is 26.2 Å². The van der Waals surface area contributed by atoms with Gasteiger partial charge in [-0.1, -0.05) is 18.2 Å². The smallest absolute Gasteiger partial charge is 0.307 e. The number of amides is 1. The van der Waals surface area contributed by atoms with Crippen LogP contribution in [0.25, 0.3) is 0 Å². The third kappa shape index (κ3) is 3.03. The number of carbonyl (C=O) groups is 2. The van der Waals surface area contributed by atoms with Crippen molar-refractivity contribution in [1.29, 1.82) is 0 Å². The summed E-state index contributed by atoms with van der Waals surface area (Å²) in [6.45, 7) is 1.06. The standard InChI is InChI=1S/C16H20N2O5S/c19-15(13-6-7-14(13)16(20)21)17-8-10-18(11-9-17)24(22,23)12-4-2-1-3-5-12/h1-5,13-14H,6-11H2,(H,20,21). The summed E-state index contributed by atoms with van der Waals surface area (Å²) in [5, 5.41) is 9.07. The number of piperazine rings is 1. The lowest BCUT2D eigenvalue weighted by atomic mass is 9.73. The Balaban J connectivity index is 1.62. The van der Waals surface area contributed by atoms with Gasteiger partial charge < -0.3 is 10.0 Å². The van der Waals surface area contributed by atoms with Crippen molar-refractivity contribution < 1.29 is 23.1 Å². The summed E-state index contributed by atoms with van der Waals surface area (Å²) in [5.74, 6) is -2.14. The molecule has 1 heterocycles. The second-order valence-corrected chi connectivity index (χ2v) is 8.11. The molecule has 0 radical (unpaired) electrons. The minimum Gasteiger partial charge on any atom is -0.481 e. The van der Waals surface area contributed by atoms with E-state index < -0.39 is 27.8 Å². The molecule has 1 saturated carbocycles. The molecular weight excluding hydrogens is 332 g/mol. The van der Waals surface area contributed by atoms with Gasteiger partial charge in [0.25, 0.3) is 0 Å². The van der Waals surface area contributed by atoms with Crippen molar-refractivity contribution in [3.8, 4) is 0 Å². The van der Waals surface area contributed by atoms with Crippen LogP contribution in [0.2, 0.25) is 0 Å². The average Bonchev–Trinajstić information content (AvgIpc) is 2.54. The van der Waals surface area contributed by atoms with Crippen molar-refractivity contribution >= 4 is 21.9 Å². The van der Waals surface area contributed by atoms with Gasteiger partial charge in [0, 0.05) is 26.2 Å². The summed E-state index contributed by atoms with van der Waals surface area (Å²) in [6, 6.07) is 8.22. The Morgan fingerprint density at radius 2 is 1.54 bits per heavy atom. The molecule has 0 aromatic heterocycles. The second-order valence-electron chi connectivity index (χ2n) is 6.17. The molecule has 2 atom stereocenters. The van der Waals surface area contributed by atoms with Gasteiger partial charge in [0.1, 0.15) is 0 Å². The number of rotatable bonds is 4. The summed E-state index contributed by atoms with van der Waals surface area (Å²) >= 11 is 0. The molecule has 2 unspecified atom stereocenters. The molecule has 1 aromatic carbocycles. The summed E-state index contributed by atoms with van der Waals surface area (Å²) in [5.41, 5.74) is 0. The molecule has 1 aliphatic carbocycles. The minimum atomic E-state index is -3.55. The lowest BCUT2D eigenvalue weighted by Gasteiger charge is -2.40. The van der Waals surface area contributed by atoms with Crippen LogP contribution >= 0.6 is 0 Å². The van der Waals surface area contributed by atoms with Gasteiger partial charge in [0.2, 0.25) is 15.9 Å². The lowest BCUT2D eigenvalue weighted by Crippen LogP contribution is -2.54. The van der Waals surface area contributed by atoms with Crippen LogP contribution in [0, 0.1) is 11.8 Å². The highest BCUT2D eigenvalue weighted by Crippen LogP contribution is 2.36. The maximum Gasteiger partial charge on any atom is 0.307 e. The van der Waals surface area contributed by atoms with E-state index in [1.54, 1.807) is 35.2 Å². The highest BCUT2D eigenvalue weighted by atomic mass is 32.2. The first kappa shape index (κ1) is 16.9. The number of hydrogen-bond acceptors (Lipinski definition) is 4. The van der Waals surface area contributed by atoms with Gasteiger partial charge in [-0.2, -0.15) is 4.31 Å². The van der Waals surface area contributed by atoms with Gasteiger partial charge in [-0.05, 0) is 25.0 Å². The quantitative estimate of drug-likeness (QED) is 0.858. The fraction of sp³-hybridized carbons (Fsp3) is 0.500. The van der Waals surface area contributed by atoms with E-state index in [1.165, 1.54) is 4.31 Å². The van der Waals surface area contributed by atoms with Crippen molar-refractivity contribution in [3.05, 3.63) is 30.3 Å². The Bertz CT molecular complexity index is 726. The lowest BCUT2D eigenvalue weighted by molar-refractivity contribution is -0.157. The van der Waals surface area contributed by atoms with E-state index in [0.29, 0.717) is 25.9 Å². The van der Waals surface area contributed by atoms with Crippen LogP contribution in [0.5, 0.6) is 0 Å². The van der Waals surface area contributed by atoms with E-state index in [1.807, 2.05) is 0 Å². The Hall–Kier alpha value is -1.93. The van der Waals surface area contributed by atoms with E-state index >= 15 is 0 Å². The third-order valence-corrected chi connectivity index (χ3v) is 6.75. The van der Waals surface area contributed by atoms with Crippen molar-refractivity contribution in [3.63, 3.8) is 0 Å². The number of benzene rings is 1. The molecule has 1 N–H and O–H groups in total. The molecule has 3 rings (SSSR count). The van der Waals surface area contributed by atoms with Crippen LogP contribution in [-0.4, -0.2) is 60.8 Å². The second kappa shape index (κ2) is 6.52. The zero-order valence-corrected chi connectivity index (χ0v) is 14.0. The first-order valence-corrected chi connectivity index (χ1v) is 9.42. The Morgan fingerprint density at radius 3 is 2.04 bits per heavy atom. The van der Waals surface area contributed by atoms with Gasteiger partial charge in [0.05, 0.1) is 16.7 Å². The Kier molecular flexibility index (Phi) is 4.60. The molecule has 1 aromatic rings. The maximum atomic E-state index is 12.6. The monoisotopic (exact) mass is 352 g/mol. The van der Waals surface area contributed by atoms with Crippen LogP contribution in [0.4, 0.5) is 0 Å². The van der Waals surface area contributed by atoms with E-state index in [9.17, 15) is 18.0 Å². The van der Waals surface area contributed by atoms with Gasteiger partial charge in [0.15, 0.2) is 0 Å².